The van der Waals surface area contributed by atoms with Crippen LogP contribution in [-0.2, 0) is 19.5 Å². The summed E-state index contributed by atoms with van der Waals surface area (Å²) >= 11 is 0. The van der Waals surface area contributed by atoms with Gasteiger partial charge in [0.05, 0.1) is 18.8 Å². The molecule has 1 aromatic heterocycles. The number of amides is 2. The zero-order valence-corrected chi connectivity index (χ0v) is 18.2. The molecule has 1 N–H and O–H groups in total. The van der Waals surface area contributed by atoms with E-state index in [1.54, 1.807) is 29.0 Å². The van der Waals surface area contributed by atoms with Gasteiger partial charge in [-0.3, -0.25) is 14.6 Å². The van der Waals surface area contributed by atoms with Crippen LogP contribution in [0.2, 0.25) is 0 Å². The second-order valence-corrected chi connectivity index (χ2v) is 7.70. The van der Waals surface area contributed by atoms with Gasteiger partial charge in [0.1, 0.15) is 0 Å². The largest absolute Gasteiger partial charge is 0.339 e. The van der Waals surface area contributed by atoms with Gasteiger partial charge in [0.2, 0.25) is 0 Å². The number of nitrogens with one attached hydrogen (secondary N) is 1. The van der Waals surface area contributed by atoms with Crippen molar-refractivity contribution < 1.29 is 9.59 Å². The summed E-state index contributed by atoms with van der Waals surface area (Å²) in [6, 6.07) is 15.4. The lowest BCUT2D eigenvalue weighted by Gasteiger charge is -2.15. The summed E-state index contributed by atoms with van der Waals surface area (Å²) in [5.41, 5.74) is 4.18. The maximum atomic E-state index is 12.7. The van der Waals surface area contributed by atoms with E-state index in [4.69, 9.17) is 0 Å². The monoisotopic (exact) mass is 430 g/mol. The molecule has 32 heavy (non-hydrogen) atoms. The Morgan fingerprint density at radius 1 is 1.19 bits per heavy atom. The highest BCUT2D eigenvalue weighted by Crippen LogP contribution is 2.22. The van der Waals surface area contributed by atoms with Gasteiger partial charge in [-0.2, -0.15) is 0 Å². The van der Waals surface area contributed by atoms with Gasteiger partial charge in [-0.1, -0.05) is 54.6 Å². The third-order valence-corrected chi connectivity index (χ3v) is 5.60. The van der Waals surface area contributed by atoms with Gasteiger partial charge in [0.25, 0.3) is 11.8 Å². The molecule has 0 radical (unpaired) electrons. The Hall–Kier alpha value is -3.81. The van der Waals surface area contributed by atoms with Crippen LogP contribution in [0.1, 0.15) is 50.5 Å². The number of fused-ring (bicyclic) bond motifs is 1. The second kappa shape index (κ2) is 9.55. The Bertz CT molecular complexity index is 1140. The van der Waals surface area contributed by atoms with Crippen molar-refractivity contribution in [1.29, 1.82) is 0 Å². The van der Waals surface area contributed by atoms with Gasteiger partial charge in [-0.05, 0) is 29.2 Å². The van der Waals surface area contributed by atoms with Crippen LogP contribution in [-0.4, -0.2) is 51.5 Å². The molecule has 0 saturated heterocycles. The molecular formula is C24H26N6O2. The quantitative estimate of drug-likeness (QED) is 0.556. The average Bonchev–Trinajstić information content (AvgIpc) is 3.42. The Morgan fingerprint density at radius 2 is 1.97 bits per heavy atom. The lowest BCUT2D eigenvalue weighted by atomic mass is 10.0. The third-order valence-electron chi connectivity index (χ3n) is 5.60. The zero-order chi connectivity index (χ0) is 22.5. The highest BCUT2D eigenvalue weighted by Gasteiger charge is 2.26. The summed E-state index contributed by atoms with van der Waals surface area (Å²) in [5.74, 6) is -0.306. The summed E-state index contributed by atoms with van der Waals surface area (Å²) in [6.45, 7) is 3.64. The van der Waals surface area contributed by atoms with Crippen LogP contribution in [0.25, 0.3) is 0 Å². The van der Waals surface area contributed by atoms with E-state index < -0.39 is 0 Å². The molecule has 1 atom stereocenters. The highest BCUT2D eigenvalue weighted by molar-refractivity contribution is 5.98. The molecule has 164 valence electrons. The first-order valence-corrected chi connectivity index (χ1v) is 10.7. The number of nitrogens with zero attached hydrogens (tertiary/aromatic N) is 5. The molecule has 1 aliphatic heterocycles. The van der Waals surface area contributed by atoms with E-state index in [1.807, 2.05) is 48.5 Å². The van der Waals surface area contributed by atoms with Crippen LogP contribution in [0.15, 0.2) is 59.7 Å². The number of aliphatic imine (C=N–C) groups is 1. The number of hydrogen-bond donors (Lipinski definition) is 1. The molecule has 8 heteroatoms. The summed E-state index contributed by atoms with van der Waals surface area (Å²) < 4.78 is 1.59. The maximum Gasteiger partial charge on any atom is 0.274 e. The van der Waals surface area contributed by atoms with E-state index in [0.29, 0.717) is 19.6 Å². The highest BCUT2D eigenvalue weighted by atomic mass is 16.2. The summed E-state index contributed by atoms with van der Waals surface area (Å²) in [4.78, 5) is 31.1. The molecule has 4 rings (SSSR count). The normalized spacial score (nSPS) is 14.1. The minimum Gasteiger partial charge on any atom is -0.339 e. The lowest BCUT2D eigenvalue weighted by Crippen LogP contribution is -2.30. The molecule has 3 aromatic rings. The second-order valence-electron chi connectivity index (χ2n) is 7.70. The molecule has 8 nitrogen and oxygen atoms in total. The molecule has 2 amide bonds. The fourth-order valence-electron chi connectivity index (χ4n) is 3.76. The smallest absolute Gasteiger partial charge is 0.274 e. The summed E-state index contributed by atoms with van der Waals surface area (Å²) in [6.07, 6.45) is 4.25. The van der Waals surface area contributed by atoms with Crippen LogP contribution in [0.5, 0.6) is 0 Å². The van der Waals surface area contributed by atoms with Crippen molar-refractivity contribution in [3.8, 4) is 0 Å². The van der Waals surface area contributed by atoms with Crippen LogP contribution >= 0.6 is 0 Å². The fourth-order valence-corrected chi connectivity index (χ4v) is 3.76. The molecule has 2 heterocycles. The van der Waals surface area contributed by atoms with E-state index in [-0.39, 0.29) is 23.6 Å². The zero-order valence-electron chi connectivity index (χ0n) is 18.2. The van der Waals surface area contributed by atoms with Gasteiger partial charge < -0.3 is 10.2 Å². The number of rotatable bonds is 8. The molecule has 0 spiro atoms. The Kier molecular flexibility index (Phi) is 6.39. The van der Waals surface area contributed by atoms with Gasteiger partial charge in [0.15, 0.2) is 5.69 Å². The van der Waals surface area contributed by atoms with Gasteiger partial charge in [-0.15, -0.1) is 5.10 Å². The number of benzene rings is 2. The maximum absolute atomic E-state index is 12.7. The molecule has 0 bridgehead atoms. The third kappa shape index (κ3) is 4.59. The van der Waals surface area contributed by atoms with Crippen molar-refractivity contribution in [3.05, 3.63) is 82.7 Å². The lowest BCUT2D eigenvalue weighted by molar-refractivity contribution is 0.0770. The van der Waals surface area contributed by atoms with Crippen LogP contribution < -0.4 is 5.32 Å². The number of carbonyl (C=O) groups is 2. The van der Waals surface area contributed by atoms with E-state index in [9.17, 15) is 9.59 Å². The van der Waals surface area contributed by atoms with Crippen molar-refractivity contribution in [2.45, 2.75) is 32.5 Å². The molecule has 0 fully saturated rings. The number of carbonyl (C=O) groups excluding carboxylic acids is 2. The first kappa shape index (κ1) is 21.4. The average molecular weight is 431 g/mol. The molecular weight excluding hydrogens is 404 g/mol. The van der Waals surface area contributed by atoms with E-state index in [1.165, 1.54) is 5.56 Å². The predicted octanol–water partition coefficient (Wildman–Crippen LogP) is 2.67. The van der Waals surface area contributed by atoms with E-state index in [2.05, 4.69) is 27.5 Å². The SMILES string of the molecule is CCc1ccc(C(C=NC)NC(=O)c2cn(CCN3Cc4ccccc4C3=O)nn2)cc1. The molecule has 1 unspecified atom stereocenters. The Labute approximate surface area is 187 Å². The minimum absolute atomic E-state index is 0.0227. The molecule has 0 saturated carbocycles. The standard InChI is InChI=1S/C24H26N6O2/c1-3-17-8-10-18(11-9-17)21(14-25-2)26-23(31)22-16-30(28-27-22)13-12-29-15-19-6-4-5-7-20(19)24(29)32/h4-11,14,16,21H,3,12-13,15H2,1-2H3,(H,26,31). The van der Waals surface area contributed by atoms with Gasteiger partial charge >= 0.3 is 0 Å². The number of aromatic nitrogens is 3. The van der Waals surface area contributed by atoms with E-state index >= 15 is 0 Å². The molecule has 2 aromatic carbocycles. The van der Waals surface area contributed by atoms with E-state index in [0.717, 1.165) is 23.1 Å². The number of aryl methyl sites for hydroxylation is 1. The van der Waals surface area contributed by atoms with Crippen LogP contribution in [0.4, 0.5) is 0 Å². The molecule has 1 aliphatic rings. The van der Waals surface area contributed by atoms with Gasteiger partial charge in [0, 0.05) is 31.9 Å². The van der Waals surface area contributed by atoms with Crippen molar-refractivity contribution in [2.75, 3.05) is 13.6 Å². The summed E-state index contributed by atoms with van der Waals surface area (Å²) in [5, 5.41) is 11.0. The molecule has 0 aliphatic carbocycles. The first-order valence-electron chi connectivity index (χ1n) is 10.7. The Morgan fingerprint density at radius 3 is 2.69 bits per heavy atom. The van der Waals surface area contributed by atoms with Crippen LogP contribution in [0, 0.1) is 0 Å². The topological polar surface area (TPSA) is 92.5 Å². The van der Waals surface area contributed by atoms with Gasteiger partial charge in [-0.25, -0.2) is 4.68 Å². The van der Waals surface area contributed by atoms with Crippen molar-refractivity contribution >= 4 is 18.0 Å². The summed E-state index contributed by atoms with van der Waals surface area (Å²) in [7, 11) is 1.67. The van der Waals surface area contributed by atoms with Crippen molar-refractivity contribution in [3.63, 3.8) is 0 Å². The first-order chi connectivity index (χ1) is 15.6. The predicted molar refractivity (Wildman–Crippen MR) is 122 cm³/mol. The van der Waals surface area contributed by atoms with Crippen molar-refractivity contribution in [1.82, 2.24) is 25.2 Å². The minimum atomic E-state index is -0.357. The van der Waals surface area contributed by atoms with Crippen molar-refractivity contribution in [2.24, 2.45) is 4.99 Å². The Balaban J connectivity index is 1.37. The van der Waals surface area contributed by atoms with Crippen LogP contribution in [0.3, 0.4) is 0 Å². The number of hydrogen-bond acceptors (Lipinski definition) is 5. The fraction of sp³-hybridized carbons (Fsp3) is 0.292.